The van der Waals surface area contributed by atoms with Crippen molar-refractivity contribution in [2.24, 2.45) is 16.5 Å². The van der Waals surface area contributed by atoms with E-state index in [9.17, 15) is 4.79 Å². The van der Waals surface area contributed by atoms with Crippen molar-refractivity contribution in [2.45, 2.75) is 25.7 Å². The molecule has 0 aromatic heterocycles. The highest BCUT2D eigenvalue weighted by Crippen LogP contribution is 2.52. The van der Waals surface area contributed by atoms with Crippen LogP contribution in [0.15, 0.2) is 5.16 Å². The highest BCUT2D eigenvalue weighted by atomic mass is 16.4. The molecule has 0 spiro atoms. The van der Waals surface area contributed by atoms with Gasteiger partial charge < -0.3 is 10.3 Å². The monoisotopic (exact) mass is 169 g/mol. The molecule has 0 aromatic carbocycles. The van der Waals surface area contributed by atoms with Crippen molar-refractivity contribution >= 4 is 11.7 Å². The van der Waals surface area contributed by atoms with Crippen LogP contribution < -0.4 is 0 Å². The fraction of sp³-hybridized carbons (Fsp3) is 0.750. The number of fused-ring (bicyclic) bond motifs is 2. The summed E-state index contributed by atoms with van der Waals surface area (Å²) >= 11 is 0. The fourth-order valence-corrected chi connectivity index (χ4v) is 2.51. The molecule has 2 fully saturated rings. The third kappa shape index (κ3) is 0.722. The van der Waals surface area contributed by atoms with E-state index in [0.29, 0.717) is 30.9 Å². The minimum atomic E-state index is -0.824. The van der Waals surface area contributed by atoms with Crippen molar-refractivity contribution in [3.63, 3.8) is 0 Å². The van der Waals surface area contributed by atoms with Crippen LogP contribution >= 0.6 is 0 Å². The molecule has 2 bridgehead atoms. The van der Waals surface area contributed by atoms with Gasteiger partial charge in [0.1, 0.15) is 5.41 Å². The normalized spacial score (nSPS) is 42.3. The van der Waals surface area contributed by atoms with Crippen LogP contribution in [0.3, 0.4) is 0 Å². The molecule has 0 saturated heterocycles. The van der Waals surface area contributed by atoms with Crippen molar-refractivity contribution in [3.05, 3.63) is 0 Å². The van der Waals surface area contributed by atoms with Gasteiger partial charge in [-0.2, -0.15) is 0 Å². The average Bonchev–Trinajstić information content (AvgIpc) is 2.60. The van der Waals surface area contributed by atoms with Crippen LogP contribution in [0.1, 0.15) is 25.7 Å². The standard InChI is InChI=1S/C8H11NO3/c10-7(11)8-2-1-5(4-8)3-6(8)9-12/h5,12H,1-4H2,(H,10,11)/b9-6-/t5-,8+/m0/s1. The Bertz CT molecular complexity index is 261. The van der Waals surface area contributed by atoms with Gasteiger partial charge in [0.15, 0.2) is 0 Å². The van der Waals surface area contributed by atoms with E-state index in [2.05, 4.69) is 5.16 Å². The zero-order valence-corrected chi connectivity index (χ0v) is 6.66. The fourth-order valence-electron chi connectivity index (χ4n) is 2.51. The van der Waals surface area contributed by atoms with Gasteiger partial charge in [-0.3, -0.25) is 4.79 Å². The van der Waals surface area contributed by atoms with E-state index in [-0.39, 0.29) is 0 Å². The summed E-state index contributed by atoms with van der Waals surface area (Å²) in [4.78, 5) is 11.0. The largest absolute Gasteiger partial charge is 0.481 e. The topological polar surface area (TPSA) is 69.9 Å². The molecular weight excluding hydrogens is 158 g/mol. The molecule has 2 rings (SSSR count). The molecule has 66 valence electrons. The van der Waals surface area contributed by atoms with Crippen molar-refractivity contribution in [1.82, 2.24) is 0 Å². The van der Waals surface area contributed by atoms with E-state index in [1.165, 1.54) is 0 Å². The lowest BCUT2D eigenvalue weighted by molar-refractivity contribution is -0.144. The van der Waals surface area contributed by atoms with Gasteiger partial charge in [0.25, 0.3) is 0 Å². The molecule has 4 nitrogen and oxygen atoms in total. The summed E-state index contributed by atoms with van der Waals surface area (Å²) in [6.45, 7) is 0. The summed E-state index contributed by atoms with van der Waals surface area (Å²) in [5.41, 5.74) is -0.328. The van der Waals surface area contributed by atoms with Crippen LogP contribution in [0, 0.1) is 11.3 Å². The molecule has 0 aliphatic heterocycles. The molecule has 2 saturated carbocycles. The number of carboxylic acids is 1. The zero-order valence-electron chi connectivity index (χ0n) is 6.66. The van der Waals surface area contributed by atoms with E-state index < -0.39 is 11.4 Å². The Morgan fingerprint density at radius 2 is 2.42 bits per heavy atom. The second-order valence-electron chi connectivity index (χ2n) is 3.75. The summed E-state index contributed by atoms with van der Waals surface area (Å²) in [5.74, 6) is -0.387. The van der Waals surface area contributed by atoms with E-state index in [1.807, 2.05) is 0 Å². The smallest absolute Gasteiger partial charge is 0.315 e. The second kappa shape index (κ2) is 2.21. The lowest BCUT2D eigenvalue weighted by Gasteiger charge is -2.21. The third-order valence-corrected chi connectivity index (χ3v) is 3.18. The SMILES string of the molecule is O=C(O)[C@@]12CC[C@@H](C/C1=N/O)C2. The minimum absolute atomic E-state index is 0.437. The van der Waals surface area contributed by atoms with Crippen molar-refractivity contribution in [3.8, 4) is 0 Å². The van der Waals surface area contributed by atoms with Crippen LogP contribution in [-0.2, 0) is 4.79 Å². The number of carbonyl (C=O) groups is 1. The third-order valence-electron chi connectivity index (χ3n) is 3.18. The van der Waals surface area contributed by atoms with Gasteiger partial charge in [0.05, 0.1) is 5.71 Å². The number of hydrogen-bond donors (Lipinski definition) is 2. The van der Waals surface area contributed by atoms with Gasteiger partial charge in [-0.15, -0.1) is 0 Å². The summed E-state index contributed by atoms with van der Waals surface area (Å²) in [6.07, 6.45) is 2.95. The zero-order chi connectivity index (χ0) is 8.77. The predicted octanol–water partition coefficient (Wildman–Crippen LogP) is 1.09. The van der Waals surface area contributed by atoms with Crippen molar-refractivity contribution in [1.29, 1.82) is 0 Å². The Morgan fingerprint density at radius 1 is 1.67 bits per heavy atom. The number of aliphatic carboxylic acids is 1. The van der Waals surface area contributed by atoms with Gasteiger partial charge >= 0.3 is 5.97 Å². The maximum atomic E-state index is 11.0. The van der Waals surface area contributed by atoms with Gasteiger partial charge in [0.2, 0.25) is 0 Å². The van der Waals surface area contributed by atoms with Gasteiger partial charge in [-0.25, -0.2) is 0 Å². The molecule has 0 heterocycles. The second-order valence-corrected chi connectivity index (χ2v) is 3.75. The van der Waals surface area contributed by atoms with Crippen LogP contribution in [0.5, 0.6) is 0 Å². The number of rotatable bonds is 1. The molecule has 0 radical (unpaired) electrons. The Labute approximate surface area is 69.9 Å². The maximum Gasteiger partial charge on any atom is 0.315 e. The first-order valence-electron chi connectivity index (χ1n) is 4.14. The lowest BCUT2D eigenvalue weighted by atomic mass is 9.83. The number of nitrogens with zero attached hydrogens (tertiary/aromatic N) is 1. The highest BCUT2D eigenvalue weighted by molar-refractivity contribution is 6.08. The summed E-state index contributed by atoms with van der Waals surface area (Å²) < 4.78 is 0. The molecule has 0 aromatic rings. The first-order chi connectivity index (χ1) is 5.69. The van der Waals surface area contributed by atoms with Crippen molar-refractivity contribution < 1.29 is 15.1 Å². The van der Waals surface area contributed by atoms with Crippen LogP contribution in [-0.4, -0.2) is 22.0 Å². The van der Waals surface area contributed by atoms with E-state index in [0.717, 1.165) is 6.42 Å². The summed E-state index contributed by atoms with van der Waals surface area (Å²) in [6, 6.07) is 0. The summed E-state index contributed by atoms with van der Waals surface area (Å²) in [7, 11) is 0. The Hall–Kier alpha value is -1.06. The van der Waals surface area contributed by atoms with Gasteiger partial charge in [0, 0.05) is 0 Å². The number of oxime groups is 1. The summed E-state index contributed by atoms with van der Waals surface area (Å²) in [5, 5.41) is 20.7. The Balaban J connectivity index is 2.39. The molecular formula is C8H11NO3. The lowest BCUT2D eigenvalue weighted by Crippen LogP contribution is -2.34. The molecule has 2 aliphatic carbocycles. The quantitative estimate of drug-likeness (QED) is 0.456. The first-order valence-corrected chi connectivity index (χ1v) is 4.14. The Morgan fingerprint density at radius 3 is 2.83 bits per heavy atom. The molecule has 2 N–H and O–H groups in total. The minimum Gasteiger partial charge on any atom is -0.481 e. The van der Waals surface area contributed by atoms with E-state index in [1.54, 1.807) is 0 Å². The average molecular weight is 169 g/mol. The van der Waals surface area contributed by atoms with Crippen molar-refractivity contribution in [2.75, 3.05) is 0 Å². The van der Waals surface area contributed by atoms with E-state index >= 15 is 0 Å². The molecule has 0 amide bonds. The molecule has 0 unspecified atom stereocenters. The van der Waals surface area contributed by atoms with Gasteiger partial charge in [-0.1, -0.05) is 5.16 Å². The molecule has 2 aliphatic rings. The molecule has 12 heavy (non-hydrogen) atoms. The number of hydrogen-bond acceptors (Lipinski definition) is 3. The highest BCUT2D eigenvalue weighted by Gasteiger charge is 2.55. The van der Waals surface area contributed by atoms with Gasteiger partial charge in [-0.05, 0) is 31.6 Å². The molecule has 4 heteroatoms. The maximum absolute atomic E-state index is 11.0. The van der Waals surface area contributed by atoms with Crippen LogP contribution in [0.25, 0.3) is 0 Å². The predicted molar refractivity (Wildman–Crippen MR) is 41.2 cm³/mol. The Kier molecular flexibility index (Phi) is 1.40. The number of carboxylic acid groups (broad SMARTS) is 1. The molecule has 2 atom stereocenters. The van der Waals surface area contributed by atoms with Crippen LogP contribution in [0.4, 0.5) is 0 Å². The van der Waals surface area contributed by atoms with E-state index in [4.69, 9.17) is 10.3 Å². The first kappa shape index (κ1) is 7.58. The van der Waals surface area contributed by atoms with Crippen LogP contribution in [0.2, 0.25) is 0 Å².